The summed E-state index contributed by atoms with van der Waals surface area (Å²) >= 11 is 5.98. The number of fused-ring (bicyclic) bond motifs is 1. The van der Waals surface area contributed by atoms with Crippen molar-refractivity contribution in [1.82, 2.24) is 4.90 Å². The molecule has 0 N–H and O–H groups in total. The van der Waals surface area contributed by atoms with Crippen molar-refractivity contribution in [3.8, 4) is 11.8 Å². The highest BCUT2D eigenvalue weighted by Gasteiger charge is 2.44. The van der Waals surface area contributed by atoms with Crippen LogP contribution in [0.5, 0.6) is 0 Å². The Morgan fingerprint density at radius 3 is 3.12 bits per heavy atom. The molecule has 0 bridgehead atoms. The lowest BCUT2D eigenvalue weighted by Gasteiger charge is -2.24. The van der Waals surface area contributed by atoms with Gasteiger partial charge in [0.1, 0.15) is 0 Å². The van der Waals surface area contributed by atoms with E-state index in [1.807, 2.05) is 35.4 Å². The van der Waals surface area contributed by atoms with Crippen LogP contribution in [0.3, 0.4) is 0 Å². The maximum atomic E-state index is 12.8. The first-order valence-electron chi connectivity index (χ1n) is 8.47. The zero-order valence-corrected chi connectivity index (χ0v) is 14.1. The van der Waals surface area contributed by atoms with Gasteiger partial charge in [-0.15, -0.1) is 0 Å². The molecule has 5 heteroatoms. The van der Waals surface area contributed by atoms with Crippen molar-refractivity contribution < 1.29 is 9.63 Å². The maximum absolute atomic E-state index is 12.8. The predicted molar refractivity (Wildman–Crippen MR) is 92.3 cm³/mol. The molecule has 4 atom stereocenters. The summed E-state index contributed by atoms with van der Waals surface area (Å²) in [4.78, 5) is 20.0. The van der Waals surface area contributed by atoms with Gasteiger partial charge in [0, 0.05) is 29.0 Å². The Morgan fingerprint density at radius 1 is 1.33 bits per heavy atom. The number of hydrogen-bond donors (Lipinski definition) is 0. The molecule has 2 fully saturated rings. The van der Waals surface area contributed by atoms with Crippen molar-refractivity contribution in [2.45, 2.75) is 31.9 Å². The highest BCUT2D eigenvalue weighted by atomic mass is 35.5. The number of halogens is 1. The Balaban J connectivity index is 1.37. The van der Waals surface area contributed by atoms with E-state index >= 15 is 0 Å². The summed E-state index contributed by atoms with van der Waals surface area (Å²) in [5, 5.41) is 4.56. The molecule has 2 heterocycles. The molecule has 1 saturated carbocycles. The second-order valence-corrected chi connectivity index (χ2v) is 7.16. The molecule has 1 aliphatic carbocycles. The fourth-order valence-corrected chi connectivity index (χ4v) is 4.00. The van der Waals surface area contributed by atoms with Crippen LogP contribution in [0, 0.1) is 29.6 Å². The molecule has 4 nitrogen and oxygen atoms in total. The van der Waals surface area contributed by atoms with Gasteiger partial charge in [-0.2, -0.15) is 0 Å². The number of rotatable bonds is 1. The van der Waals surface area contributed by atoms with E-state index < -0.39 is 0 Å². The Morgan fingerprint density at radius 2 is 2.25 bits per heavy atom. The van der Waals surface area contributed by atoms with Gasteiger partial charge in [0.25, 0.3) is 0 Å². The second kappa shape index (κ2) is 6.49. The Kier molecular flexibility index (Phi) is 4.20. The van der Waals surface area contributed by atoms with E-state index in [9.17, 15) is 4.79 Å². The molecular formula is C19H19ClN2O2. The first-order valence-corrected chi connectivity index (χ1v) is 8.85. The van der Waals surface area contributed by atoms with Crippen molar-refractivity contribution in [3.63, 3.8) is 0 Å². The molecule has 24 heavy (non-hydrogen) atoms. The standard InChI is InChI=1S/C19H19ClN2O2/c20-17-3-1-2-13(11-17)4-5-14-6-7-15(10-14)18(23)22-9-8-16-12-21-24-19(16)22/h1-3,11-12,14-16,19H,6-10H2. The monoisotopic (exact) mass is 342 g/mol. The number of benzene rings is 1. The number of hydrogen-bond acceptors (Lipinski definition) is 3. The van der Waals surface area contributed by atoms with Crippen LogP contribution in [0.4, 0.5) is 0 Å². The van der Waals surface area contributed by atoms with Gasteiger partial charge in [0.2, 0.25) is 12.1 Å². The molecule has 1 aromatic carbocycles. The topological polar surface area (TPSA) is 41.9 Å². The number of likely N-dealkylation sites (tertiary alicyclic amines) is 1. The average Bonchev–Trinajstić information content (AvgIpc) is 3.29. The number of amides is 1. The molecule has 0 spiro atoms. The van der Waals surface area contributed by atoms with E-state index in [-0.39, 0.29) is 29.9 Å². The van der Waals surface area contributed by atoms with Crippen LogP contribution >= 0.6 is 11.6 Å². The predicted octanol–water partition coefficient (Wildman–Crippen LogP) is 3.30. The first kappa shape index (κ1) is 15.5. The molecule has 4 rings (SSSR count). The Hall–Kier alpha value is -1.99. The van der Waals surface area contributed by atoms with Gasteiger partial charge in [0.05, 0.1) is 12.1 Å². The fraction of sp³-hybridized carbons (Fsp3) is 0.474. The minimum absolute atomic E-state index is 0.0617. The molecular weight excluding hydrogens is 324 g/mol. The van der Waals surface area contributed by atoms with Gasteiger partial charge in [-0.3, -0.25) is 4.79 Å². The minimum atomic E-state index is -0.172. The van der Waals surface area contributed by atoms with Gasteiger partial charge in [-0.25, -0.2) is 0 Å². The lowest BCUT2D eigenvalue weighted by atomic mass is 10.0. The number of oxime groups is 1. The van der Waals surface area contributed by atoms with E-state index in [4.69, 9.17) is 16.4 Å². The van der Waals surface area contributed by atoms with Gasteiger partial charge >= 0.3 is 0 Å². The minimum Gasteiger partial charge on any atom is -0.370 e. The quantitative estimate of drug-likeness (QED) is 0.735. The molecule has 3 aliphatic rings. The number of nitrogens with zero attached hydrogens (tertiary/aromatic N) is 2. The molecule has 1 amide bonds. The van der Waals surface area contributed by atoms with Crippen molar-refractivity contribution in [1.29, 1.82) is 0 Å². The summed E-state index contributed by atoms with van der Waals surface area (Å²) in [6, 6.07) is 7.57. The normalized spacial score (nSPS) is 30.6. The molecule has 2 aliphatic heterocycles. The Labute approximate surface area is 146 Å². The summed E-state index contributed by atoms with van der Waals surface area (Å²) in [6.07, 6.45) is 5.32. The van der Waals surface area contributed by atoms with Crippen LogP contribution in [-0.4, -0.2) is 29.8 Å². The van der Waals surface area contributed by atoms with Crippen LogP contribution in [0.2, 0.25) is 5.02 Å². The van der Waals surface area contributed by atoms with E-state index in [0.717, 1.165) is 37.8 Å². The molecule has 1 saturated heterocycles. The van der Waals surface area contributed by atoms with Crippen LogP contribution in [0.25, 0.3) is 0 Å². The molecule has 4 unspecified atom stereocenters. The highest BCUT2D eigenvalue weighted by molar-refractivity contribution is 6.30. The van der Waals surface area contributed by atoms with Crippen LogP contribution in [-0.2, 0) is 9.63 Å². The molecule has 1 aromatic rings. The molecule has 0 aromatic heterocycles. The van der Waals surface area contributed by atoms with Crippen molar-refractivity contribution >= 4 is 23.7 Å². The summed E-state index contributed by atoms with van der Waals surface area (Å²) in [7, 11) is 0. The third kappa shape index (κ3) is 3.01. The fourth-order valence-electron chi connectivity index (χ4n) is 3.81. The van der Waals surface area contributed by atoms with E-state index in [2.05, 4.69) is 17.0 Å². The summed E-state index contributed by atoms with van der Waals surface area (Å²) in [6.45, 7) is 0.773. The van der Waals surface area contributed by atoms with Crippen molar-refractivity contribution in [3.05, 3.63) is 34.9 Å². The molecule has 0 radical (unpaired) electrons. The smallest absolute Gasteiger partial charge is 0.228 e. The lowest BCUT2D eigenvalue weighted by Crippen LogP contribution is -2.40. The summed E-state index contributed by atoms with van der Waals surface area (Å²) in [5.41, 5.74) is 0.927. The van der Waals surface area contributed by atoms with E-state index in [0.29, 0.717) is 5.02 Å². The van der Waals surface area contributed by atoms with Gasteiger partial charge in [-0.05, 0) is 43.9 Å². The largest absolute Gasteiger partial charge is 0.370 e. The third-order valence-electron chi connectivity index (χ3n) is 5.11. The van der Waals surface area contributed by atoms with Crippen LogP contribution < -0.4 is 0 Å². The van der Waals surface area contributed by atoms with E-state index in [1.54, 1.807) is 0 Å². The zero-order chi connectivity index (χ0) is 16.5. The lowest BCUT2D eigenvalue weighted by molar-refractivity contribution is -0.145. The van der Waals surface area contributed by atoms with Crippen LogP contribution in [0.1, 0.15) is 31.2 Å². The third-order valence-corrected chi connectivity index (χ3v) is 5.34. The number of carbonyl (C=O) groups excluding carboxylic acids is 1. The van der Waals surface area contributed by atoms with Gasteiger partial charge < -0.3 is 9.74 Å². The van der Waals surface area contributed by atoms with Crippen molar-refractivity contribution in [2.75, 3.05) is 6.54 Å². The van der Waals surface area contributed by atoms with Crippen molar-refractivity contribution in [2.24, 2.45) is 22.9 Å². The van der Waals surface area contributed by atoms with Gasteiger partial charge in [-0.1, -0.05) is 34.7 Å². The summed E-state index contributed by atoms with van der Waals surface area (Å²) < 4.78 is 0. The van der Waals surface area contributed by atoms with Crippen LogP contribution in [0.15, 0.2) is 29.4 Å². The highest BCUT2D eigenvalue weighted by Crippen LogP contribution is 2.36. The SMILES string of the molecule is O=C(C1CCC(C#Cc2cccc(Cl)c2)C1)N1CCC2C=NOC21. The zero-order valence-electron chi connectivity index (χ0n) is 13.3. The first-order chi connectivity index (χ1) is 11.7. The average molecular weight is 343 g/mol. The molecule has 124 valence electrons. The second-order valence-electron chi connectivity index (χ2n) is 6.72. The van der Waals surface area contributed by atoms with Gasteiger partial charge in [0.15, 0.2) is 0 Å². The maximum Gasteiger partial charge on any atom is 0.228 e. The number of carbonyl (C=O) groups is 1. The Bertz CT molecular complexity index is 736. The summed E-state index contributed by atoms with van der Waals surface area (Å²) in [5.74, 6) is 7.32. The van der Waals surface area contributed by atoms with E-state index in [1.165, 1.54) is 0 Å².